The highest BCUT2D eigenvalue weighted by Crippen LogP contribution is 2.05. The van der Waals surface area contributed by atoms with Crippen LogP contribution in [0.15, 0.2) is 4.99 Å². The van der Waals surface area contributed by atoms with Gasteiger partial charge in [-0.2, -0.15) is 0 Å². The number of rotatable bonds is 7. The molecule has 1 unspecified atom stereocenters. The van der Waals surface area contributed by atoms with E-state index in [1.807, 2.05) is 0 Å². The molecule has 0 rings (SSSR count). The summed E-state index contributed by atoms with van der Waals surface area (Å²) < 4.78 is 0. The predicted octanol–water partition coefficient (Wildman–Crippen LogP) is 3.13. The number of aliphatic imine (C=N–C) groups is 1. The number of halogens is 1. The van der Waals surface area contributed by atoms with Gasteiger partial charge in [0.25, 0.3) is 0 Å². The molecule has 4 heteroatoms. The summed E-state index contributed by atoms with van der Waals surface area (Å²) in [7, 11) is 0. The lowest BCUT2D eigenvalue weighted by atomic mass is 10.1. The van der Waals surface area contributed by atoms with Crippen LogP contribution in [0.5, 0.6) is 0 Å². The lowest BCUT2D eigenvalue weighted by Gasteiger charge is -2.11. The lowest BCUT2D eigenvalue weighted by molar-refractivity contribution is 0.541. The zero-order chi connectivity index (χ0) is 11.7. The van der Waals surface area contributed by atoms with E-state index in [1.54, 1.807) is 0 Å². The minimum atomic E-state index is 0. The minimum absolute atomic E-state index is 0. The van der Waals surface area contributed by atoms with Gasteiger partial charge in [-0.25, -0.2) is 0 Å². The van der Waals surface area contributed by atoms with E-state index >= 15 is 0 Å². The summed E-state index contributed by atoms with van der Waals surface area (Å²) in [6, 6.07) is 0.421. The molecule has 0 bridgehead atoms. The van der Waals surface area contributed by atoms with E-state index in [0.29, 0.717) is 12.0 Å². The molecule has 0 aromatic heterocycles. The van der Waals surface area contributed by atoms with Crippen molar-refractivity contribution >= 4 is 29.9 Å². The molecule has 0 saturated carbocycles. The Bertz CT molecular complexity index is 181. The SMILES string of the molecule is CCC(C)NC(N)=NCCCCC(C)C.I. The number of nitrogens with zero attached hydrogens (tertiary/aromatic N) is 1. The number of nitrogens with two attached hydrogens (primary N) is 1. The molecular weight excluding hydrogens is 313 g/mol. The van der Waals surface area contributed by atoms with Gasteiger partial charge in [-0.3, -0.25) is 4.99 Å². The van der Waals surface area contributed by atoms with Gasteiger partial charge in [0.1, 0.15) is 0 Å². The Morgan fingerprint density at radius 3 is 2.38 bits per heavy atom. The second-order valence-corrected chi connectivity index (χ2v) is 4.61. The summed E-state index contributed by atoms with van der Waals surface area (Å²) in [5, 5.41) is 3.16. The minimum Gasteiger partial charge on any atom is -0.370 e. The third-order valence-corrected chi connectivity index (χ3v) is 2.48. The normalized spacial score (nSPS) is 13.4. The molecular formula is C12H28IN3. The van der Waals surface area contributed by atoms with Crippen LogP contribution in [0, 0.1) is 5.92 Å². The van der Waals surface area contributed by atoms with E-state index in [-0.39, 0.29) is 24.0 Å². The average molecular weight is 341 g/mol. The first-order chi connectivity index (χ1) is 7.06. The molecule has 3 nitrogen and oxygen atoms in total. The second kappa shape index (κ2) is 11.5. The molecule has 3 N–H and O–H groups in total. The van der Waals surface area contributed by atoms with Gasteiger partial charge < -0.3 is 11.1 Å². The zero-order valence-corrected chi connectivity index (χ0v) is 13.5. The van der Waals surface area contributed by atoms with E-state index in [4.69, 9.17) is 5.73 Å². The highest BCUT2D eigenvalue weighted by Gasteiger charge is 1.98. The van der Waals surface area contributed by atoms with Crippen molar-refractivity contribution in [3.8, 4) is 0 Å². The summed E-state index contributed by atoms with van der Waals surface area (Å²) in [6.07, 6.45) is 4.75. The topological polar surface area (TPSA) is 50.4 Å². The molecule has 0 radical (unpaired) electrons. The van der Waals surface area contributed by atoms with Gasteiger partial charge in [0.05, 0.1) is 0 Å². The van der Waals surface area contributed by atoms with Crippen molar-refractivity contribution in [3.63, 3.8) is 0 Å². The largest absolute Gasteiger partial charge is 0.370 e. The summed E-state index contributed by atoms with van der Waals surface area (Å²) in [5.74, 6) is 1.39. The first kappa shape index (κ1) is 18.4. The Kier molecular flexibility index (Phi) is 13.2. The van der Waals surface area contributed by atoms with Crippen LogP contribution in [0.1, 0.15) is 53.4 Å². The van der Waals surface area contributed by atoms with Crippen LogP contribution in [0.25, 0.3) is 0 Å². The van der Waals surface area contributed by atoms with Crippen molar-refractivity contribution in [2.24, 2.45) is 16.6 Å². The fourth-order valence-corrected chi connectivity index (χ4v) is 1.26. The van der Waals surface area contributed by atoms with Crippen molar-refractivity contribution in [1.29, 1.82) is 0 Å². The molecule has 98 valence electrons. The highest BCUT2D eigenvalue weighted by atomic mass is 127. The quantitative estimate of drug-likeness (QED) is 0.324. The summed E-state index contributed by atoms with van der Waals surface area (Å²) in [6.45, 7) is 9.60. The molecule has 0 aliphatic heterocycles. The Hall–Kier alpha value is 0. The van der Waals surface area contributed by atoms with E-state index in [2.05, 4.69) is 38.0 Å². The predicted molar refractivity (Wildman–Crippen MR) is 83.5 cm³/mol. The van der Waals surface area contributed by atoms with Crippen molar-refractivity contribution in [3.05, 3.63) is 0 Å². The fourth-order valence-electron chi connectivity index (χ4n) is 1.26. The highest BCUT2D eigenvalue weighted by molar-refractivity contribution is 14.0. The first-order valence-corrected chi connectivity index (χ1v) is 6.12. The molecule has 0 spiro atoms. The van der Waals surface area contributed by atoms with Crippen LogP contribution in [-0.2, 0) is 0 Å². The molecule has 0 aliphatic rings. The first-order valence-electron chi connectivity index (χ1n) is 6.12. The van der Waals surface area contributed by atoms with Gasteiger partial charge in [0.15, 0.2) is 5.96 Å². The number of nitrogens with one attached hydrogen (secondary N) is 1. The van der Waals surface area contributed by atoms with Crippen molar-refractivity contribution in [1.82, 2.24) is 5.32 Å². The van der Waals surface area contributed by atoms with Crippen molar-refractivity contribution in [2.75, 3.05) is 6.54 Å². The van der Waals surface area contributed by atoms with Crippen LogP contribution >= 0.6 is 24.0 Å². The maximum Gasteiger partial charge on any atom is 0.188 e. The molecule has 0 fully saturated rings. The fraction of sp³-hybridized carbons (Fsp3) is 0.917. The standard InChI is InChI=1S/C12H27N3.HI/c1-5-11(4)15-12(13)14-9-7-6-8-10(2)3;/h10-11H,5-9H2,1-4H3,(H3,13,14,15);1H. The summed E-state index contributed by atoms with van der Waals surface area (Å²) in [5.41, 5.74) is 5.73. The van der Waals surface area contributed by atoms with E-state index < -0.39 is 0 Å². The Morgan fingerprint density at radius 2 is 1.88 bits per heavy atom. The maximum atomic E-state index is 5.73. The number of hydrogen-bond donors (Lipinski definition) is 2. The molecule has 0 amide bonds. The second-order valence-electron chi connectivity index (χ2n) is 4.61. The number of hydrogen-bond acceptors (Lipinski definition) is 1. The molecule has 0 saturated heterocycles. The molecule has 16 heavy (non-hydrogen) atoms. The van der Waals surface area contributed by atoms with Crippen LogP contribution in [0.4, 0.5) is 0 Å². The molecule has 0 aromatic rings. The van der Waals surface area contributed by atoms with Crippen molar-refractivity contribution in [2.45, 2.75) is 59.4 Å². The third kappa shape index (κ3) is 12.1. The van der Waals surface area contributed by atoms with Gasteiger partial charge in [-0.05, 0) is 25.7 Å². The monoisotopic (exact) mass is 341 g/mol. The smallest absolute Gasteiger partial charge is 0.188 e. The summed E-state index contributed by atoms with van der Waals surface area (Å²) >= 11 is 0. The van der Waals surface area contributed by atoms with Crippen molar-refractivity contribution < 1.29 is 0 Å². The van der Waals surface area contributed by atoms with Crippen LogP contribution in [0.3, 0.4) is 0 Å². The zero-order valence-electron chi connectivity index (χ0n) is 11.1. The lowest BCUT2D eigenvalue weighted by Crippen LogP contribution is -2.38. The summed E-state index contributed by atoms with van der Waals surface area (Å²) in [4.78, 5) is 4.29. The maximum absolute atomic E-state index is 5.73. The third-order valence-electron chi connectivity index (χ3n) is 2.48. The number of unbranched alkanes of at least 4 members (excludes halogenated alkanes) is 1. The Labute approximate surface area is 118 Å². The van der Waals surface area contributed by atoms with Gasteiger partial charge >= 0.3 is 0 Å². The molecule has 0 aromatic carbocycles. The molecule has 0 aliphatic carbocycles. The van der Waals surface area contributed by atoms with Crippen LogP contribution in [0.2, 0.25) is 0 Å². The Morgan fingerprint density at radius 1 is 1.25 bits per heavy atom. The van der Waals surface area contributed by atoms with Crippen LogP contribution in [-0.4, -0.2) is 18.5 Å². The molecule has 1 atom stereocenters. The van der Waals surface area contributed by atoms with Gasteiger partial charge in [0.2, 0.25) is 0 Å². The van der Waals surface area contributed by atoms with Gasteiger partial charge in [-0.15, -0.1) is 24.0 Å². The van der Waals surface area contributed by atoms with E-state index in [0.717, 1.165) is 25.3 Å². The molecule has 0 heterocycles. The van der Waals surface area contributed by atoms with E-state index in [1.165, 1.54) is 12.8 Å². The van der Waals surface area contributed by atoms with E-state index in [9.17, 15) is 0 Å². The van der Waals surface area contributed by atoms with Gasteiger partial charge in [-0.1, -0.05) is 33.6 Å². The Balaban J connectivity index is 0. The van der Waals surface area contributed by atoms with Gasteiger partial charge in [0, 0.05) is 12.6 Å². The average Bonchev–Trinajstić information content (AvgIpc) is 2.16. The number of guanidine groups is 1. The van der Waals surface area contributed by atoms with Crippen LogP contribution < -0.4 is 11.1 Å².